The van der Waals surface area contributed by atoms with Gasteiger partial charge in [-0.1, -0.05) is 50.1 Å². The Morgan fingerprint density at radius 3 is 2.55 bits per heavy atom. The molecule has 5 nitrogen and oxygen atoms in total. The highest BCUT2D eigenvalue weighted by atomic mass is 16.5. The first kappa shape index (κ1) is 18.2. The van der Waals surface area contributed by atoms with Gasteiger partial charge in [-0.25, -0.2) is 4.79 Å². The van der Waals surface area contributed by atoms with Gasteiger partial charge in [-0.15, -0.1) is 0 Å². The molecule has 0 aliphatic rings. The number of unbranched alkanes of at least 4 members (excludes halogenated alkanes) is 1. The van der Waals surface area contributed by atoms with E-state index in [4.69, 9.17) is 10.5 Å². The van der Waals surface area contributed by atoms with Crippen molar-refractivity contribution < 1.29 is 14.3 Å². The molecule has 0 saturated carbocycles. The maximum Gasteiger partial charge on any atom is 0.328 e. The second-order valence-electron chi connectivity index (χ2n) is 5.44. The number of rotatable bonds is 9. The number of methoxy groups -OCH3 is 1. The second kappa shape index (κ2) is 9.95. The van der Waals surface area contributed by atoms with E-state index in [0.717, 1.165) is 24.8 Å². The smallest absolute Gasteiger partial charge is 0.328 e. The average molecular weight is 306 g/mol. The SMILES string of the molecule is CCCC[C@H](N)CC(=O)N[C@@H](Cc1ccccc1)C(=O)OC. The van der Waals surface area contributed by atoms with Gasteiger partial charge in [0.15, 0.2) is 0 Å². The molecule has 0 spiro atoms. The quantitative estimate of drug-likeness (QED) is 0.682. The molecule has 0 aromatic heterocycles. The van der Waals surface area contributed by atoms with Crippen LogP contribution in [0.4, 0.5) is 0 Å². The Morgan fingerprint density at radius 2 is 1.95 bits per heavy atom. The van der Waals surface area contributed by atoms with Crippen LogP contribution in [0, 0.1) is 0 Å². The zero-order valence-electron chi connectivity index (χ0n) is 13.4. The monoisotopic (exact) mass is 306 g/mol. The van der Waals surface area contributed by atoms with Gasteiger partial charge in [0.2, 0.25) is 5.91 Å². The first-order valence-corrected chi connectivity index (χ1v) is 7.73. The van der Waals surface area contributed by atoms with E-state index in [1.807, 2.05) is 30.3 Å². The van der Waals surface area contributed by atoms with Crippen molar-refractivity contribution in [1.82, 2.24) is 5.32 Å². The Labute approximate surface area is 132 Å². The highest BCUT2D eigenvalue weighted by Crippen LogP contribution is 2.06. The van der Waals surface area contributed by atoms with Crippen molar-refractivity contribution in [2.45, 2.75) is 51.1 Å². The van der Waals surface area contributed by atoms with Crippen LogP contribution in [0.3, 0.4) is 0 Å². The molecule has 1 rings (SSSR count). The summed E-state index contributed by atoms with van der Waals surface area (Å²) in [6, 6.07) is 8.66. The lowest BCUT2D eigenvalue weighted by Gasteiger charge is -2.18. The van der Waals surface area contributed by atoms with Gasteiger partial charge in [0.25, 0.3) is 0 Å². The van der Waals surface area contributed by atoms with E-state index in [2.05, 4.69) is 12.2 Å². The molecule has 1 amide bonds. The molecule has 0 aliphatic carbocycles. The summed E-state index contributed by atoms with van der Waals surface area (Å²) in [6.45, 7) is 2.08. The fourth-order valence-corrected chi connectivity index (χ4v) is 2.25. The molecular formula is C17H26N2O3. The molecule has 122 valence electrons. The lowest BCUT2D eigenvalue weighted by atomic mass is 10.0. The Bertz CT molecular complexity index is 462. The van der Waals surface area contributed by atoms with E-state index in [-0.39, 0.29) is 18.4 Å². The van der Waals surface area contributed by atoms with Gasteiger partial charge in [-0.2, -0.15) is 0 Å². The standard InChI is InChI=1S/C17H26N2O3/c1-3-4-10-14(18)12-16(20)19-15(17(21)22-2)11-13-8-6-5-7-9-13/h5-9,14-15H,3-4,10-12,18H2,1-2H3,(H,19,20)/t14-,15-/m0/s1. The van der Waals surface area contributed by atoms with Gasteiger partial charge in [0, 0.05) is 18.9 Å². The number of carbonyl (C=O) groups excluding carboxylic acids is 2. The Hall–Kier alpha value is -1.88. The fourth-order valence-electron chi connectivity index (χ4n) is 2.25. The van der Waals surface area contributed by atoms with E-state index in [1.54, 1.807) is 0 Å². The molecular weight excluding hydrogens is 280 g/mol. The van der Waals surface area contributed by atoms with Gasteiger partial charge >= 0.3 is 5.97 Å². The van der Waals surface area contributed by atoms with Gasteiger partial charge < -0.3 is 15.8 Å². The maximum absolute atomic E-state index is 12.0. The molecule has 3 N–H and O–H groups in total. The zero-order chi connectivity index (χ0) is 16.4. The van der Waals surface area contributed by atoms with E-state index in [0.29, 0.717) is 6.42 Å². The number of ether oxygens (including phenoxy) is 1. The minimum absolute atomic E-state index is 0.171. The number of hydrogen-bond acceptors (Lipinski definition) is 4. The molecule has 0 aliphatic heterocycles. The number of amides is 1. The van der Waals surface area contributed by atoms with Crippen molar-refractivity contribution in [3.63, 3.8) is 0 Å². The summed E-state index contributed by atoms with van der Waals surface area (Å²) in [5.41, 5.74) is 6.89. The van der Waals surface area contributed by atoms with Crippen molar-refractivity contribution in [2.24, 2.45) is 5.73 Å². The maximum atomic E-state index is 12.0. The molecule has 0 heterocycles. The molecule has 2 atom stereocenters. The number of carbonyl (C=O) groups is 2. The summed E-state index contributed by atoms with van der Waals surface area (Å²) >= 11 is 0. The molecule has 0 radical (unpaired) electrons. The third-order valence-corrected chi connectivity index (χ3v) is 3.48. The molecule has 0 unspecified atom stereocenters. The lowest BCUT2D eigenvalue weighted by Crippen LogP contribution is -2.44. The van der Waals surface area contributed by atoms with Crippen molar-refractivity contribution in [3.05, 3.63) is 35.9 Å². The van der Waals surface area contributed by atoms with Crippen molar-refractivity contribution in [2.75, 3.05) is 7.11 Å². The van der Waals surface area contributed by atoms with Crippen molar-refractivity contribution in [3.8, 4) is 0 Å². The number of hydrogen-bond donors (Lipinski definition) is 2. The molecule has 1 aromatic carbocycles. The van der Waals surface area contributed by atoms with Crippen LogP contribution in [-0.4, -0.2) is 31.1 Å². The summed E-state index contributed by atoms with van der Waals surface area (Å²) in [5.74, 6) is -0.658. The Kier molecular flexibility index (Phi) is 8.22. The van der Waals surface area contributed by atoms with Crippen molar-refractivity contribution in [1.29, 1.82) is 0 Å². The third-order valence-electron chi connectivity index (χ3n) is 3.48. The predicted molar refractivity (Wildman–Crippen MR) is 86.2 cm³/mol. The first-order valence-electron chi connectivity index (χ1n) is 7.73. The zero-order valence-corrected chi connectivity index (χ0v) is 13.4. The summed E-state index contributed by atoms with van der Waals surface area (Å²) < 4.78 is 4.77. The topological polar surface area (TPSA) is 81.4 Å². The molecule has 0 bridgehead atoms. The highest BCUT2D eigenvalue weighted by molar-refractivity contribution is 5.84. The van der Waals surface area contributed by atoms with E-state index in [1.165, 1.54) is 7.11 Å². The van der Waals surface area contributed by atoms with Crippen LogP contribution < -0.4 is 11.1 Å². The predicted octanol–water partition coefficient (Wildman–Crippen LogP) is 1.79. The molecule has 0 fully saturated rings. The molecule has 1 aromatic rings. The summed E-state index contributed by atoms with van der Waals surface area (Å²) in [4.78, 5) is 23.9. The van der Waals surface area contributed by atoms with Gasteiger partial charge in [0.1, 0.15) is 6.04 Å². The normalized spacial score (nSPS) is 13.2. The second-order valence-corrected chi connectivity index (χ2v) is 5.44. The molecule has 5 heteroatoms. The van der Waals surface area contributed by atoms with Crippen LogP contribution in [0.5, 0.6) is 0 Å². The highest BCUT2D eigenvalue weighted by Gasteiger charge is 2.22. The number of esters is 1. The van der Waals surface area contributed by atoms with Crippen LogP contribution in [0.2, 0.25) is 0 Å². The molecule has 0 saturated heterocycles. The van der Waals surface area contributed by atoms with Crippen LogP contribution in [-0.2, 0) is 20.7 Å². The fraction of sp³-hybridized carbons (Fsp3) is 0.529. The largest absolute Gasteiger partial charge is 0.467 e. The third kappa shape index (κ3) is 6.72. The number of nitrogens with two attached hydrogens (primary N) is 1. The summed E-state index contributed by atoms with van der Waals surface area (Å²) in [6.07, 6.45) is 3.49. The summed E-state index contributed by atoms with van der Waals surface area (Å²) in [5, 5.41) is 2.73. The van der Waals surface area contributed by atoms with Crippen molar-refractivity contribution >= 4 is 11.9 Å². The van der Waals surface area contributed by atoms with Crippen LogP contribution in [0.15, 0.2) is 30.3 Å². The van der Waals surface area contributed by atoms with E-state index >= 15 is 0 Å². The first-order chi connectivity index (χ1) is 10.6. The van der Waals surface area contributed by atoms with E-state index in [9.17, 15) is 9.59 Å². The van der Waals surface area contributed by atoms with Gasteiger partial charge in [-0.3, -0.25) is 4.79 Å². The Morgan fingerprint density at radius 1 is 1.27 bits per heavy atom. The Balaban J connectivity index is 2.57. The van der Waals surface area contributed by atoms with Gasteiger partial charge in [-0.05, 0) is 12.0 Å². The lowest BCUT2D eigenvalue weighted by molar-refractivity contribution is -0.145. The van der Waals surface area contributed by atoms with Crippen LogP contribution >= 0.6 is 0 Å². The molecule has 22 heavy (non-hydrogen) atoms. The van der Waals surface area contributed by atoms with E-state index < -0.39 is 12.0 Å². The minimum atomic E-state index is -0.682. The van der Waals surface area contributed by atoms with Crippen LogP contribution in [0.1, 0.15) is 38.2 Å². The summed E-state index contributed by atoms with van der Waals surface area (Å²) in [7, 11) is 1.32. The average Bonchev–Trinajstić information content (AvgIpc) is 2.52. The van der Waals surface area contributed by atoms with Crippen LogP contribution in [0.25, 0.3) is 0 Å². The minimum Gasteiger partial charge on any atom is -0.467 e. The number of nitrogens with one attached hydrogen (secondary N) is 1. The number of benzene rings is 1. The van der Waals surface area contributed by atoms with Gasteiger partial charge in [0.05, 0.1) is 7.11 Å².